The topological polar surface area (TPSA) is 294 Å². The van der Waals surface area contributed by atoms with E-state index in [1.807, 2.05) is 53.7 Å². The largest absolute Gasteiger partial charge is 1.00 e. The van der Waals surface area contributed by atoms with Crippen molar-refractivity contribution < 1.29 is 197 Å². The molecule has 0 unspecified atom stereocenters. The Morgan fingerprint density at radius 2 is 0.743 bits per heavy atom. The van der Waals surface area contributed by atoms with Gasteiger partial charge in [-0.15, -0.1) is 44.3 Å². The number of esters is 2. The summed E-state index contributed by atoms with van der Waals surface area (Å²) in [6.07, 6.45) is 23.8. The number of methoxy groups -OCH3 is 2. The molecule has 12 heterocycles. The molecule has 6 aliphatic heterocycles. The third kappa shape index (κ3) is 46.0. The van der Waals surface area contributed by atoms with Gasteiger partial charge in [0.05, 0.1) is 73.9 Å². The maximum absolute atomic E-state index is 12.6. The van der Waals surface area contributed by atoms with E-state index in [-0.39, 0.29) is 200 Å². The average molecular weight is 2370 g/mol. The maximum atomic E-state index is 12.6. The molecule has 0 aliphatic carbocycles. The smallest absolute Gasteiger partial charge is 1.00 e. The van der Waals surface area contributed by atoms with E-state index in [9.17, 15) is 28.8 Å². The Bertz CT molecular complexity index is 5690. The molecule has 747 valence electrons. The summed E-state index contributed by atoms with van der Waals surface area (Å²) >= 11 is 33.6. The van der Waals surface area contributed by atoms with E-state index in [4.69, 9.17) is 51.5 Å². The van der Waals surface area contributed by atoms with E-state index >= 15 is 0 Å². The van der Waals surface area contributed by atoms with Crippen LogP contribution in [0.1, 0.15) is 123 Å². The SMILES string of the molecule is COC(=O)CS.COC(=O)CSc1[c-]cc(C)cn1.Cc1c[c-]c(Cl)nc1.Cc1c[c-]c(SCC(=O)O)nc1.Cc1cccc2c1N(C(=O)CSc1ccc(Cl)cn1)CCC2.Cc1cccc2c1N(C(=O)CSc1ccc(Cl)cn1)CCC2.Cc1cccc2c1N(C(=O)CSc1ncccc1Cl)CCC2.Cc1cccc2c1NCCC2.Cc1cccc2c1NCCC2.Cc1cccc2c1NCCC2.[H-].[Li+].[Na+].[OH-].[Y].[Y].[Y]. The zero-order valence-electron chi connectivity index (χ0n) is 84.9. The number of carbonyl (C=O) groups is 6. The van der Waals surface area contributed by atoms with Crippen LogP contribution in [0, 0.1) is 80.5 Å². The Balaban J connectivity index is 0.000000553. The fraction of sp³-hybridized carbons (Fsp3) is 0.327. The minimum absolute atomic E-state index is 0. The number of carboxylic acid groups (broad SMARTS) is 1. The van der Waals surface area contributed by atoms with Crippen molar-refractivity contribution in [3.63, 3.8) is 0 Å². The number of aliphatic carboxylic acids is 1. The number of carbonyl (C=O) groups excluding carboxylic acids is 5. The van der Waals surface area contributed by atoms with E-state index in [1.54, 1.807) is 73.6 Å². The van der Waals surface area contributed by atoms with Crippen LogP contribution in [0.5, 0.6) is 0 Å². The van der Waals surface area contributed by atoms with E-state index < -0.39 is 5.97 Å². The van der Waals surface area contributed by atoms with E-state index in [0.29, 0.717) is 47.5 Å². The molecule has 144 heavy (non-hydrogen) atoms. The molecule has 3 amide bonds. The number of aromatic nitrogens is 6. The van der Waals surface area contributed by atoms with E-state index in [2.05, 4.69) is 237 Å². The van der Waals surface area contributed by atoms with Gasteiger partial charge in [-0.1, -0.05) is 209 Å². The Morgan fingerprint density at radius 1 is 0.403 bits per heavy atom. The van der Waals surface area contributed by atoms with Crippen molar-refractivity contribution in [3.8, 4) is 0 Å². The van der Waals surface area contributed by atoms with E-state index in [0.717, 1.165) is 132 Å². The van der Waals surface area contributed by atoms with Crippen molar-refractivity contribution in [2.45, 2.75) is 164 Å². The molecule has 3 radical (unpaired) electrons. The number of hydrogen-bond donors (Lipinski definition) is 5. The molecular weight excluding hydrogens is 2240 g/mol. The molecule has 6 aliphatic rings. The molecule has 6 aromatic carbocycles. The van der Waals surface area contributed by atoms with Crippen molar-refractivity contribution >= 4 is 188 Å². The molecule has 37 heteroatoms. The number of amides is 3. The van der Waals surface area contributed by atoms with Crippen LogP contribution in [0.3, 0.4) is 0 Å². The van der Waals surface area contributed by atoms with Crippen molar-refractivity contribution in [2.24, 2.45) is 0 Å². The minimum Gasteiger partial charge on any atom is -1.00 e. The van der Waals surface area contributed by atoms with Gasteiger partial charge >= 0.3 is 66.3 Å². The number of nitrogens with one attached hydrogen (secondary N) is 3. The van der Waals surface area contributed by atoms with Gasteiger partial charge in [-0.05, 0) is 222 Å². The first-order chi connectivity index (χ1) is 66.6. The molecular formula is C107H121Cl4LiN12NaO10S6Y3-3. The van der Waals surface area contributed by atoms with Crippen LogP contribution >= 0.6 is 118 Å². The third-order valence-corrected chi connectivity index (χ3v) is 27.8. The molecule has 0 spiro atoms. The molecule has 0 fully saturated rings. The molecule has 5 N–H and O–H groups in total. The van der Waals surface area contributed by atoms with Gasteiger partial charge in [0.1, 0.15) is 5.03 Å². The van der Waals surface area contributed by atoms with Crippen molar-refractivity contribution in [2.75, 3.05) is 119 Å². The second-order valence-corrected chi connectivity index (χ2v) is 39.3. The van der Waals surface area contributed by atoms with Crippen LogP contribution in [0.15, 0.2) is 226 Å². The first kappa shape index (κ1) is 133. The Hall–Kier alpha value is -5.43. The van der Waals surface area contributed by atoms with Crippen LogP contribution in [0.4, 0.5) is 34.1 Å². The predicted octanol–water partition coefficient (Wildman–Crippen LogP) is 18.1. The number of rotatable bonds is 16. The van der Waals surface area contributed by atoms with Crippen molar-refractivity contribution in [1.82, 2.24) is 29.9 Å². The number of carboxylic acids is 1. The summed E-state index contributed by atoms with van der Waals surface area (Å²) in [4.78, 5) is 99.0. The summed E-state index contributed by atoms with van der Waals surface area (Å²) in [5.41, 5.74) is 26.5. The summed E-state index contributed by atoms with van der Waals surface area (Å²) < 4.78 is 8.68. The number of fused-ring (bicyclic) bond motifs is 6. The van der Waals surface area contributed by atoms with Crippen LogP contribution in [0.2, 0.25) is 20.2 Å². The first-order valence-electron chi connectivity index (χ1n) is 45.4. The number of aryl methyl sites for hydroxylation is 15. The number of thioether (sulfide) groups is 5. The molecule has 0 saturated heterocycles. The Labute approximate surface area is 1010 Å². The quantitative estimate of drug-likeness (QED) is 0.0150. The summed E-state index contributed by atoms with van der Waals surface area (Å²) in [5, 5.41) is 24.6. The fourth-order valence-electron chi connectivity index (χ4n) is 15.1. The van der Waals surface area contributed by atoms with Crippen LogP contribution in [-0.4, -0.2) is 164 Å². The molecule has 12 aromatic rings. The number of thiol groups is 1. The van der Waals surface area contributed by atoms with Crippen molar-refractivity contribution in [3.05, 3.63) is 323 Å². The van der Waals surface area contributed by atoms with Gasteiger partial charge in [-0.25, -0.2) is 51.4 Å². The third-order valence-electron chi connectivity index (χ3n) is 21.8. The predicted molar refractivity (Wildman–Crippen MR) is 578 cm³/mol. The number of anilines is 6. The fourth-order valence-corrected chi connectivity index (χ4v) is 19.2. The standard InChI is InChI=1S/3C17H17ClN2OS.3C10H13N.C9H10NO2S.C8H8NO2S.C6H5ClN.C3H6O2S.Li.Na.H2O.3Y.H/c1-12-5-2-6-13-7-4-10-20(16(12)13)15(21)11-22-17-14(18)8-3-9-19-17;2*1-12-4-2-5-13-6-3-9-20(17(12)13)16(21)11-22-15-8-7-14(18)10-19-15;3*1-8-4-2-5-9-6-3-7-11-10(8)9;1-7-3-4-8(10-5-7)13-6-9(11)12-2;1-6-2-3-7(9-4-6)12-5-8(10)11;1-5-2-3-6(7)8-4-5;1-5-3(4)2-6;;;;;;;/h2-3,5-6,8-9H,4,7,10-11H2,1H3;2*2,4-5,7-8,10H,3,6,9,11H2,1H3;3*2,4-5,11H,3,6-7H2,1H3;3,5H,6H2,1-2H3;2,4H,5H2,1H3,(H,10,11);2,4H,1H3;6H,2H2,1H3;;;1H2;;;;/q;;;;;;3*-1;;2*+1;;;;;-1/p-1. The first-order valence-corrected chi connectivity index (χ1v) is 52.4. The summed E-state index contributed by atoms with van der Waals surface area (Å²) in [6.45, 7) is 24.3. The summed E-state index contributed by atoms with van der Waals surface area (Å²) in [7, 11) is 2.70. The molecule has 6 aromatic heterocycles. The number of halogens is 4. The summed E-state index contributed by atoms with van der Waals surface area (Å²) in [5.74, 6) is 0.618. The number of ether oxygens (including phenoxy) is 2. The number of nitrogens with zero attached hydrogens (tertiary/aromatic N) is 9. The number of para-hydroxylation sites is 6. The molecule has 0 saturated carbocycles. The van der Waals surface area contributed by atoms with Gasteiger partial charge in [0.25, 0.3) is 0 Å². The number of benzene rings is 6. The Kier molecular flexibility index (Phi) is 67.2. The molecule has 0 atom stereocenters. The normalized spacial score (nSPS) is 12.4. The van der Waals surface area contributed by atoms with Gasteiger partial charge in [0.15, 0.2) is 0 Å². The van der Waals surface area contributed by atoms with Gasteiger partial charge in [0.2, 0.25) is 17.7 Å². The Morgan fingerprint density at radius 3 is 1.04 bits per heavy atom. The van der Waals surface area contributed by atoms with Gasteiger partial charge in [-0.3, -0.25) is 43.7 Å². The molecule has 18 rings (SSSR count). The second-order valence-electron chi connectivity index (χ2n) is 32.5. The molecule has 0 bridgehead atoms. The van der Waals surface area contributed by atoms with Gasteiger partial charge in [-0.2, -0.15) is 29.3 Å². The van der Waals surface area contributed by atoms with Crippen LogP contribution < -0.4 is 79.1 Å². The summed E-state index contributed by atoms with van der Waals surface area (Å²) in [6, 6.07) is 63.2. The average Bonchev–Trinajstić information content (AvgIpc) is 0.801. The van der Waals surface area contributed by atoms with Crippen LogP contribution in [-0.2, 0) is 175 Å². The molecule has 22 nitrogen and oxygen atoms in total. The van der Waals surface area contributed by atoms with Gasteiger partial charge in [0, 0.05) is 205 Å². The minimum atomic E-state index is -0.837. The zero-order chi connectivity index (χ0) is 99.3. The number of hydrogen-bond acceptors (Lipinski definition) is 24. The zero-order valence-corrected chi connectivity index (χ0v) is 102. The van der Waals surface area contributed by atoms with Crippen molar-refractivity contribution in [1.29, 1.82) is 0 Å². The number of pyridine rings is 6. The second kappa shape index (κ2) is 72.9. The van der Waals surface area contributed by atoms with Crippen LogP contribution in [0.25, 0.3) is 0 Å². The maximum Gasteiger partial charge on any atom is 1.00 e. The monoisotopic (exact) mass is 2360 g/mol. The van der Waals surface area contributed by atoms with E-state index in [1.165, 1.54) is 190 Å². The van der Waals surface area contributed by atoms with Gasteiger partial charge < -0.3 is 52.1 Å².